The molecule has 2 rings (SSSR count). The quantitative estimate of drug-likeness (QED) is 0.559. The maximum Gasteiger partial charge on any atom is 0.127 e. The van der Waals surface area contributed by atoms with Crippen LogP contribution < -0.4 is 11.3 Å². The molecule has 78 valence electrons. The lowest BCUT2D eigenvalue weighted by Gasteiger charge is -2.22. The fraction of sp³-hybridized carbons (Fsp3) is 0.700. The molecular weight excluding hydrogens is 176 g/mol. The maximum absolute atomic E-state index is 5.61. The van der Waals surface area contributed by atoms with Gasteiger partial charge in [0.25, 0.3) is 0 Å². The zero-order chi connectivity index (χ0) is 10.2. The lowest BCUT2D eigenvalue weighted by Crippen LogP contribution is -2.35. The van der Waals surface area contributed by atoms with Gasteiger partial charge in [-0.2, -0.15) is 0 Å². The molecule has 1 fully saturated rings. The van der Waals surface area contributed by atoms with Gasteiger partial charge in [0.05, 0.1) is 6.04 Å². The van der Waals surface area contributed by atoms with Crippen LogP contribution in [0.4, 0.5) is 0 Å². The number of hydrazine groups is 1. The third-order valence-corrected chi connectivity index (χ3v) is 3.25. The minimum atomic E-state index is 0.192. The summed E-state index contributed by atoms with van der Waals surface area (Å²) in [4.78, 5) is 4.39. The Labute approximate surface area is 84.5 Å². The van der Waals surface area contributed by atoms with Gasteiger partial charge in [0, 0.05) is 18.9 Å². The second-order valence-electron chi connectivity index (χ2n) is 4.33. The standard InChI is InChI=1S/C10H18N4/c1-3-14-7-6-12-9(14)8(13-11)10(2)4-5-10/h6-8,13H,3-5,11H2,1-2H3. The van der Waals surface area contributed by atoms with Gasteiger partial charge in [-0.3, -0.25) is 5.84 Å². The van der Waals surface area contributed by atoms with Crippen LogP contribution in [-0.2, 0) is 6.54 Å². The molecule has 14 heavy (non-hydrogen) atoms. The third-order valence-electron chi connectivity index (χ3n) is 3.25. The Balaban J connectivity index is 2.27. The monoisotopic (exact) mass is 194 g/mol. The van der Waals surface area contributed by atoms with Crippen molar-refractivity contribution in [3.05, 3.63) is 18.2 Å². The average Bonchev–Trinajstić information content (AvgIpc) is 2.77. The van der Waals surface area contributed by atoms with Crippen LogP contribution in [0.2, 0.25) is 0 Å². The summed E-state index contributed by atoms with van der Waals surface area (Å²) in [6.45, 7) is 5.32. The lowest BCUT2D eigenvalue weighted by molar-refractivity contribution is 0.346. The van der Waals surface area contributed by atoms with E-state index in [9.17, 15) is 0 Å². The van der Waals surface area contributed by atoms with Crippen molar-refractivity contribution >= 4 is 0 Å². The van der Waals surface area contributed by atoms with Gasteiger partial charge in [0.1, 0.15) is 5.82 Å². The first-order chi connectivity index (χ1) is 6.71. The fourth-order valence-electron chi connectivity index (χ4n) is 1.92. The van der Waals surface area contributed by atoms with Crippen LogP contribution in [0.25, 0.3) is 0 Å². The van der Waals surface area contributed by atoms with Gasteiger partial charge in [-0.05, 0) is 25.2 Å². The molecule has 1 atom stereocenters. The number of rotatable bonds is 4. The normalized spacial score (nSPS) is 20.8. The van der Waals surface area contributed by atoms with Gasteiger partial charge in [-0.1, -0.05) is 6.92 Å². The van der Waals surface area contributed by atoms with Crippen LogP contribution in [-0.4, -0.2) is 9.55 Å². The third kappa shape index (κ3) is 1.44. The number of aromatic nitrogens is 2. The molecule has 1 aliphatic rings. The summed E-state index contributed by atoms with van der Waals surface area (Å²) >= 11 is 0. The van der Waals surface area contributed by atoms with E-state index in [0.717, 1.165) is 12.4 Å². The molecule has 1 aromatic heterocycles. The Hall–Kier alpha value is -0.870. The molecule has 1 heterocycles. The number of hydrogen-bond acceptors (Lipinski definition) is 3. The highest BCUT2D eigenvalue weighted by Crippen LogP contribution is 2.53. The van der Waals surface area contributed by atoms with Gasteiger partial charge >= 0.3 is 0 Å². The number of aryl methyl sites for hydroxylation is 1. The molecule has 0 bridgehead atoms. The molecule has 3 N–H and O–H groups in total. The molecule has 1 saturated carbocycles. The van der Waals surface area contributed by atoms with Crippen molar-refractivity contribution in [3.63, 3.8) is 0 Å². The number of imidazole rings is 1. The zero-order valence-electron chi connectivity index (χ0n) is 8.83. The molecule has 0 amide bonds. The van der Waals surface area contributed by atoms with Gasteiger partial charge in [-0.15, -0.1) is 0 Å². The van der Waals surface area contributed by atoms with E-state index < -0.39 is 0 Å². The van der Waals surface area contributed by atoms with E-state index in [2.05, 4.69) is 28.8 Å². The number of hydrogen-bond donors (Lipinski definition) is 2. The Bertz CT molecular complexity index is 314. The average molecular weight is 194 g/mol. The van der Waals surface area contributed by atoms with E-state index in [-0.39, 0.29) is 6.04 Å². The molecule has 1 aromatic rings. The van der Waals surface area contributed by atoms with E-state index in [0.29, 0.717) is 5.41 Å². The molecule has 0 radical (unpaired) electrons. The second kappa shape index (κ2) is 3.37. The first-order valence-electron chi connectivity index (χ1n) is 5.18. The van der Waals surface area contributed by atoms with Crippen LogP contribution in [0.3, 0.4) is 0 Å². The Kier molecular flexibility index (Phi) is 2.33. The number of nitrogens with two attached hydrogens (primary N) is 1. The molecule has 0 aromatic carbocycles. The molecular formula is C10H18N4. The van der Waals surface area contributed by atoms with Crippen LogP contribution in [0.1, 0.15) is 38.6 Å². The van der Waals surface area contributed by atoms with E-state index in [4.69, 9.17) is 5.84 Å². The summed E-state index contributed by atoms with van der Waals surface area (Å²) in [6, 6.07) is 0.192. The fourth-order valence-corrected chi connectivity index (χ4v) is 1.92. The largest absolute Gasteiger partial charge is 0.334 e. The molecule has 0 spiro atoms. The van der Waals surface area contributed by atoms with Crippen molar-refractivity contribution in [2.45, 2.75) is 39.3 Å². The van der Waals surface area contributed by atoms with Crippen LogP contribution in [0.5, 0.6) is 0 Å². The zero-order valence-corrected chi connectivity index (χ0v) is 8.83. The van der Waals surface area contributed by atoms with Crippen molar-refractivity contribution < 1.29 is 0 Å². The summed E-state index contributed by atoms with van der Waals surface area (Å²) in [5.74, 6) is 6.68. The first kappa shape index (κ1) is 9.68. The van der Waals surface area contributed by atoms with Crippen LogP contribution in [0, 0.1) is 5.41 Å². The van der Waals surface area contributed by atoms with Crippen molar-refractivity contribution in [1.82, 2.24) is 15.0 Å². The van der Waals surface area contributed by atoms with Gasteiger partial charge in [0.2, 0.25) is 0 Å². The molecule has 0 aliphatic heterocycles. The highest BCUT2D eigenvalue weighted by atomic mass is 15.3. The van der Waals surface area contributed by atoms with Crippen molar-refractivity contribution in [3.8, 4) is 0 Å². The van der Waals surface area contributed by atoms with Crippen molar-refractivity contribution in [2.75, 3.05) is 0 Å². The minimum absolute atomic E-state index is 0.192. The smallest absolute Gasteiger partial charge is 0.127 e. The van der Waals surface area contributed by atoms with Crippen molar-refractivity contribution in [1.29, 1.82) is 0 Å². The van der Waals surface area contributed by atoms with E-state index >= 15 is 0 Å². The summed E-state index contributed by atoms with van der Waals surface area (Å²) < 4.78 is 2.15. The predicted molar refractivity (Wildman–Crippen MR) is 55.3 cm³/mol. The van der Waals surface area contributed by atoms with Crippen LogP contribution in [0.15, 0.2) is 12.4 Å². The van der Waals surface area contributed by atoms with E-state index in [1.807, 2.05) is 12.4 Å². The lowest BCUT2D eigenvalue weighted by atomic mass is 9.99. The number of nitrogens with zero attached hydrogens (tertiary/aromatic N) is 2. The van der Waals surface area contributed by atoms with Gasteiger partial charge < -0.3 is 4.57 Å². The summed E-state index contributed by atoms with van der Waals surface area (Å²) in [5, 5.41) is 0. The highest BCUT2D eigenvalue weighted by Gasteiger charge is 2.46. The highest BCUT2D eigenvalue weighted by molar-refractivity contribution is 5.10. The number of nitrogens with one attached hydrogen (secondary N) is 1. The molecule has 4 nitrogen and oxygen atoms in total. The van der Waals surface area contributed by atoms with Crippen LogP contribution >= 0.6 is 0 Å². The topological polar surface area (TPSA) is 55.9 Å². The summed E-state index contributed by atoms with van der Waals surface area (Å²) in [5.41, 5.74) is 3.21. The summed E-state index contributed by atoms with van der Waals surface area (Å²) in [7, 11) is 0. The molecule has 1 unspecified atom stereocenters. The van der Waals surface area contributed by atoms with E-state index in [1.54, 1.807) is 0 Å². The van der Waals surface area contributed by atoms with Gasteiger partial charge in [0.15, 0.2) is 0 Å². The maximum atomic E-state index is 5.61. The molecule has 1 aliphatic carbocycles. The molecule has 4 heteroatoms. The Morgan fingerprint density at radius 3 is 2.93 bits per heavy atom. The predicted octanol–water partition coefficient (Wildman–Crippen LogP) is 1.21. The first-order valence-corrected chi connectivity index (χ1v) is 5.18. The Morgan fingerprint density at radius 2 is 2.43 bits per heavy atom. The Morgan fingerprint density at radius 1 is 1.71 bits per heavy atom. The van der Waals surface area contributed by atoms with Crippen molar-refractivity contribution in [2.24, 2.45) is 11.3 Å². The summed E-state index contributed by atoms with van der Waals surface area (Å²) in [6.07, 6.45) is 6.32. The minimum Gasteiger partial charge on any atom is -0.334 e. The van der Waals surface area contributed by atoms with Gasteiger partial charge in [-0.25, -0.2) is 10.4 Å². The molecule has 0 saturated heterocycles. The second-order valence-corrected chi connectivity index (χ2v) is 4.33. The SMILES string of the molecule is CCn1ccnc1C(NN)C1(C)CC1. The van der Waals surface area contributed by atoms with E-state index in [1.165, 1.54) is 12.8 Å².